The molecule has 0 radical (unpaired) electrons. The summed E-state index contributed by atoms with van der Waals surface area (Å²) >= 11 is 0. The molecule has 0 fully saturated rings. The van der Waals surface area contributed by atoms with Crippen molar-refractivity contribution in [3.05, 3.63) is 157 Å². The van der Waals surface area contributed by atoms with Gasteiger partial charge in [-0.2, -0.15) is 0 Å². The first-order valence-corrected chi connectivity index (χ1v) is 20.5. The van der Waals surface area contributed by atoms with Crippen LogP contribution in [0.4, 0.5) is 0 Å². The molecule has 1 aliphatic rings. The summed E-state index contributed by atoms with van der Waals surface area (Å²) in [6, 6.07) is 52.0. The average molecular weight is 650 g/mol. The van der Waals surface area contributed by atoms with Gasteiger partial charge in [-0.25, -0.2) is 15.0 Å². The molecule has 0 saturated carbocycles. The minimum absolute atomic E-state index is 0.0575. The monoisotopic (exact) mass is 649 g/mol. The smallest absolute Gasteiger partial charge is 0.164 e. The van der Waals surface area contributed by atoms with Crippen molar-refractivity contribution >= 4 is 13.3 Å². The van der Waals surface area contributed by atoms with Crippen LogP contribution in [-0.2, 0) is 5.41 Å². The molecule has 0 atom stereocenters. The lowest BCUT2D eigenvalue weighted by atomic mass is 9.82. The van der Waals surface area contributed by atoms with Crippen molar-refractivity contribution in [2.24, 2.45) is 0 Å². The molecular formula is C45H39N3Si. The molecule has 238 valence electrons. The van der Waals surface area contributed by atoms with E-state index in [9.17, 15) is 0 Å². The van der Waals surface area contributed by atoms with Crippen LogP contribution in [0.15, 0.2) is 146 Å². The Kier molecular flexibility index (Phi) is 7.50. The largest absolute Gasteiger partial charge is 0.208 e. The van der Waals surface area contributed by atoms with Gasteiger partial charge in [0.25, 0.3) is 0 Å². The lowest BCUT2D eigenvalue weighted by molar-refractivity contribution is 0.660. The number of nitrogens with zero attached hydrogens (tertiary/aromatic N) is 3. The fourth-order valence-corrected chi connectivity index (χ4v) is 8.34. The van der Waals surface area contributed by atoms with Crippen LogP contribution < -0.4 is 5.19 Å². The molecule has 4 heteroatoms. The third kappa shape index (κ3) is 5.62. The molecule has 8 rings (SSSR count). The quantitative estimate of drug-likeness (QED) is 0.168. The first-order valence-electron chi connectivity index (χ1n) is 17.0. The predicted octanol–water partition coefficient (Wildman–Crippen LogP) is 11.1. The van der Waals surface area contributed by atoms with Crippen LogP contribution in [-0.4, -0.2) is 23.0 Å². The Hall–Kier alpha value is -5.45. The number of rotatable bonds is 6. The highest BCUT2D eigenvalue weighted by Gasteiger charge is 2.36. The van der Waals surface area contributed by atoms with Crippen LogP contribution in [0, 0.1) is 0 Å². The van der Waals surface area contributed by atoms with Gasteiger partial charge in [0, 0.05) is 22.1 Å². The van der Waals surface area contributed by atoms with Gasteiger partial charge in [-0.1, -0.05) is 178 Å². The van der Waals surface area contributed by atoms with Crippen molar-refractivity contribution in [3.8, 4) is 67.5 Å². The summed E-state index contributed by atoms with van der Waals surface area (Å²) in [6.07, 6.45) is 0. The van der Waals surface area contributed by atoms with Gasteiger partial charge < -0.3 is 0 Å². The lowest BCUT2D eigenvalue weighted by Crippen LogP contribution is -2.37. The van der Waals surface area contributed by atoms with Gasteiger partial charge in [-0.15, -0.1) is 0 Å². The summed E-state index contributed by atoms with van der Waals surface area (Å²) in [6.45, 7) is 11.8. The zero-order valence-corrected chi connectivity index (χ0v) is 29.7. The third-order valence-electron chi connectivity index (χ3n) is 9.91. The summed E-state index contributed by atoms with van der Waals surface area (Å²) in [7, 11) is -1.55. The lowest BCUT2D eigenvalue weighted by Gasteiger charge is -2.21. The normalized spacial score (nSPS) is 13.2. The molecule has 0 spiro atoms. The van der Waals surface area contributed by atoms with Crippen molar-refractivity contribution in [1.82, 2.24) is 15.0 Å². The maximum Gasteiger partial charge on any atom is 0.164 e. The van der Waals surface area contributed by atoms with E-state index in [4.69, 9.17) is 15.0 Å². The molecule has 49 heavy (non-hydrogen) atoms. The van der Waals surface area contributed by atoms with Crippen molar-refractivity contribution in [2.75, 3.05) is 0 Å². The molecule has 0 amide bonds. The summed E-state index contributed by atoms with van der Waals surface area (Å²) in [5, 5.41) is 1.38. The summed E-state index contributed by atoms with van der Waals surface area (Å²) in [5.41, 5.74) is 13.0. The fourth-order valence-electron chi connectivity index (χ4n) is 7.15. The number of fused-ring (bicyclic) bond motifs is 3. The molecule has 1 aromatic heterocycles. The van der Waals surface area contributed by atoms with Gasteiger partial charge in [0.2, 0.25) is 0 Å². The van der Waals surface area contributed by atoms with Crippen LogP contribution in [0.2, 0.25) is 19.6 Å². The number of hydrogen-bond acceptors (Lipinski definition) is 3. The molecule has 0 N–H and O–H groups in total. The first kappa shape index (κ1) is 30.9. The van der Waals surface area contributed by atoms with Crippen LogP contribution in [0.3, 0.4) is 0 Å². The van der Waals surface area contributed by atoms with E-state index < -0.39 is 8.07 Å². The van der Waals surface area contributed by atoms with E-state index in [-0.39, 0.29) is 5.41 Å². The van der Waals surface area contributed by atoms with Gasteiger partial charge >= 0.3 is 0 Å². The Balaban J connectivity index is 1.27. The highest BCUT2D eigenvalue weighted by atomic mass is 28.3. The molecule has 0 saturated heterocycles. The minimum Gasteiger partial charge on any atom is -0.208 e. The van der Waals surface area contributed by atoms with E-state index in [2.05, 4.69) is 173 Å². The summed E-state index contributed by atoms with van der Waals surface area (Å²) in [4.78, 5) is 15.4. The van der Waals surface area contributed by atoms with Gasteiger partial charge in [-0.3, -0.25) is 0 Å². The average Bonchev–Trinajstić information content (AvgIpc) is 3.38. The van der Waals surface area contributed by atoms with Gasteiger partial charge in [0.15, 0.2) is 17.5 Å². The van der Waals surface area contributed by atoms with E-state index in [1.54, 1.807) is 0 Å². The highest BCUT2D eigenvalue weighted by molar-refractivity contribution is 6.88. The van der Waals surface area contributed by atoms with E-state index >= 15 is 0 Å². The van der Waals surface area contributed by atoms with Gasteiger partial charge in [-0.05, 0) is 50.6 Å². The molecule has 0 bridgehead atoms. The van der Waals surface area contributed by atoms with Gasteiger partial charge in [0.1, 0.15) is 0 Å². The third-order valence-corrected chi connectivity index (χ3v) is 12.0. The van der Waals surface area contributed by atoms with Crippen LogP contribution in [0.5, 0.6) is 0 Å². The molecule has 0 aliphatic heterocycles. The maximum absolute atomic E-state index is 5.15. The molecule has 1 heterocycles. The second kappa shape index (κ2) is 11.9. The van der Waals surface area contributed by atoms with Crippen LogP contribution >= 0.6 is 0 Å². The van der Waals surface area contributed by atoms with Crippen molar-refractivity contribution in [3.63, 3.8) is 0 Å². The highest BCUT2D eigenvalue weighted by Crippen LogP contribution is 2.52. The molecule has 6 aromatic carbocycles. The van der Waals surface area contributed by atoms with Crippen LogP contribution in [0.1, 0.15) is 25.0 Å². The Morgan fingerprint density at radius 2 is 0.898 bits per heavy atom. The molecule has 3 nitrogen and oxygen atoms in total. The van der Waals surface area contributed by atoms with Crippen molar-refractivity contribution in [2.45, 2.75) is 38.9 Å². The number of aromatic nitrogens is 3. The van der Waals surface area contributed by atoms with Crippen molar-refractivity contribution in [1.29, 1.82) is 0 Å². The Morgan fingerprint density at radius 3 is 1.61 bits per heavy atom. The molecule has 7 aromatic rings. The van der Waals surface area contributed by atoms with Crippen LogP contribution in [0.25, 0.3) is 67.5 Å². The fraction of sp³-hybridized carbons (Fsp3) is 0.133. The second-order valence-corrected chi connectivity index (χ2v) is 19.6. The Labute approximate surface area is 290 Å². The summed E-state index contributed by atoms with van der Waals surface area (Å²) < 4.78 is 0. The zero-order valence-electron chi connectivity index (χ0n) is 28.7. The standard InChI is InChI=1S/C45H39N3Si/c1-45(2)39-22-10-9-20-38(39)41-37(21-13-23-40(41)45)33-16-11-17-34(28-33)43-46-42(32-26-24-31(25-27-32)30-14-7-6-8-15-30)47-44(48-43)35-18-12-19-36(29-35)49(3,4)5/h6-29H,1-5H3. The molecular weight excluding hydrogens is 611 g/mol. The summed E-state index contributed by atoms with van der Waals surface area (Å²) in [5.74, 6) is 2.02. The Bertz CT molecular complexity index is 2330. The molecule has 0 unspecified atom stereocenters. The maximum atomic E-state index is 5.15. The number of benzene rings is 6. The van der Waals surface area contributed by atoms with Crippen molar-refractivity contribution < 1.29 is 0 Å². The van der Waals surface area contributed by atoms with E-state index in [1.165, 1.54) is 38.6 Å². The first-order chi connectivity index (χ1) is 23.7. The molecule has 1 aliphatic carbocycles. The van der Waals surface area contributed by atoms with E-state index in [0.29, 0.717) is 17.5 Å². The predicted molar refractivity (Wildman–Crippen MR) is 208 cm³/mol. The van der Waals surface area contributed by atoms with E-state index in [0.717, 1.165) is 27.8 Å². The number of hydrogen-bond donors (Lipinski definition) is 0. The Morgan fingerprint density at radius 1 is 0.408 bits per heavy atom. The minimum atomic E-state index is -1.55. The van der Waals surface area contributed by atoms with E-state index in [1.807, 2.05) is 6.07 Å². The SMILES string of the molecule is CC1(C)c2ccccc2-c2c(-c3cccc(-c4nc(-c5ccc(-c6ccccc6)cc5)nc(-c5cccc([Si](C)(C)C)c5)n4)c3)cccc21. The zero-order chi connectivity index (χ0) is 33.8. The second-order valence-electron chi connectivity index (χ2n) is 14.6. The van der Waals surface area contributed by atoms with Gasteiger partial charge in [0.05, 0.1) is 8.07 Å². The topological polar surface area (TPSA) is 38.7 Å².